The molecule has 0 saturated heterocycles. The first-order valence-electron chi connectivity index (χ1n) is 10.0. The third-order valence-corrected chi connectivity index (χ3v) is 4.96. The van der Waals surface area contributed by atoms with Gasteiger partial charge in [0.25, 0.3) is 0 Å². The number of ketones is 2. The van der Waals surface area contributed by atoms with E-state index in [1.165, 1.54) is 19.1 Å². The van der Waals surface area contributed by atoms with Crippen molar-refractivity contribution in [2.75, 3.05) is 0 Å². The molecule has 30 heavy (non-hydrogen) atoms. The zero-order chi connectivity index (χ0) is 21.8. The molecule has 156 valence electrons. The molecule has 0 unspecified atom stereocenters. The molecule has 0 aliphatic carbocycles. The van der Waals surface area contributed by atoms with E-state index in [1.54, 1.807) is 18.2 Å². The van der Waals surface area contributed by atoms with Crippen LogP contribution in [-0.2, 0) is 9.59 Å². The third-order valence-electron chi connectivity index (χ3n) is 4.96. The molecule has 1 aromatic heterocycles. The number of nitrogens with zero attached hydrogens (tertiary/aromatic N) is 1. The first kappa shape index (κ1) is 21.7. The molecular weight excluding hydrogens is 381 g/mol. The van der Waals surface area contributed by atoms with E-state index in [4.69, 9.17) is 0 Å². The minimum Gasteiger partial charge on any atom is -0.389 e. The number of aliphatic hydroxyl groups excluding tert-OH is 1. The van der Waals surface area contributed by atoms with Crippen LogP contribution in [0.1, 0.15) is 45.3 Å². The van der Waals surface area contributed by atoms with Gasteiger partial charge in [-0.1, -0.05) is 36.4 Å². The SMILES string of the molecule is CC(=O)CC(=O)C[C@H](O)/C=C/c1c(-c2ccc(F)cc2)c2ccccc2n1C(C)C. The largest absolute Gasteiger partial charge is 0.389 e. The van der Waals surface area contributed by atoms with Crippen LogP contribution in [0.4, 0.5) is 4.39 Å². The van der Waals surface area contributed by atoms with Crippen LogP contribution in [0.5, 0.6) is 0 Å². The van der Waals surface area contributed by atoms with Gasteiger partial charge in [0, 0.05) is 34.6 Å². The van der Waals surface area contributed by atoms with Gasteiger partial charge in [0.15, 0.2) is 0 Å². The number of carbonyl (C=O) groups excluding carboxylic acids is 2. The zero-order valence-corrected chi connectivity index (χ0v) is 17.4. The summed E-state index contributed by atoms with van der Waals surface area (Å²) in [5.41, 5.74) is 3.72. The second kappa shape index (κ2) is 9.18. The van der Waals surface area contributed by atoms with Crippen molar-refractivity contribution in [3.05, 3.63) is 66.1 Å². The van der Waals surface area contributed by atoms with Crippen LogP contribution in [0.15, 0.2) is 54.6 Å². The lowest BCUT2D eigenvalue weighted by Gasteiger charge is -2.14. The fraction of sp³-hybridized carbons (Fsp3) is 0.280. The molecule has 4 nitrogen and oxygen atoms in total. The van der Waals surface area contributed by atoms with Gasteiger partial charge in [0.1, 0.15) is 17.4 Å². The number of aromatic nitrogens is 1. The maximum absolute atomic E-state index is 13.5. The van der Waals surface area contributed by atoms with Gasteiger partial charge in [-0.25, -0.2) is 4.39 Å². The van der Waals surface area contributed by atoms with Crippen LogP contribution in [0.3, 0.4) is 0 Å². The van der Waals surface area contributed by atoms with E-state index in [9.17, 15) is 19.1 Å². The van der Waals surface area contributed by atoms with Gasteiger partial charge in [-0.3, -0.25) is 9.59 Å². The van der Waals surface area contributed by atoms with Crippen LogP contribution >= 0.6 is 0 Å². The van der Waals surface area contributed by atoms with E-state index < -0.39 is 6.10 Å². The van der Waals surface area contributed by atoms with Crippen LogP contribution in [0.25, 0.3) is 28.1 Å². The summed E-state index contributed by atoms with van der Waals surface area (Å²) >= 11 is 0. The Labute approximate surface area is 175 Å². The van der Waals surface area contributed by atoms with Gasteiger partial charge >= 0.3 is 0 Å². The summed E-state index contributed by atoms with van der Waals surface area (Å²) in [6.45, 7) is 5.51. The van der Waals surface area contributed by atoms with Gasteiger partial charge in [-0.15, -0.1) is 0 Å². The molecule has 0 spiro atoms. The second-order valence-corrected chi connectivity index (χ2v) is 7.80. The molecule has 2 aromatic carbocycles. The molecule has 0 bridgehead atoms. The van der Waals surface area contributed by atoms with Crippen molar-refractivity contribution in [3.8, 4) is 11.1 Å². The van der Waals surface area contributed by atoms with Crippen LogP contribution in [0, 0.1) is 5.82 Å². The Kier molecular flexibility index (Phi) is 6.63. The van der Waals surface area contributed by atoms with Crippen molar-refractivity contribution in [2.24, 2.45) is 0 Å². The molecular formula is C25H26FNO3. The molecule has 3 aromatic rings. The minimum absolute atomic E-state index is 0.107. The lowest BCUT2D eigenvalue weighted by molar-refractivity contribution is -0.126. The van der Waals surface area contributed by atoms with E-state index >= 15 is 0 Å². The van der Waals surface area contributed by atoms with Crippen molar-refractivity contribution in [3.63, 3.8) is 0 Å². The first-order chi connectivity index (χ1) is 14.3. The van der Waals surface area contributed by atoms with Gasteiger partial charge in [0.2, 0.25) is 0 Å². The Morgan fingerprint density at radius 2 is 1.77 bits per heavy atom. The predicted molar refractivity (Wildman–Crippen MR) is 118 cm³/mol. The summed E-state index contributed by atoms with van der Waals surface area (Å²) in [4.78, 5) is 23.0. The average molecular weight is 407 g/mol. The molecule has 0 saturated carbocycles. The Balaban J connectivity index is 2.09. The first-order valence-corrected chi connectivity index (χ1v) is 10.0. The number of aliphatic hydroxyl groups is 1. The maximum Gasteiger partial charge on any atom is 0.143 e. The molecule has 1 heterocycles. The van der Waals surface area contributed by atoms with E-state index in [2.05, 4.69) is 18.4 Å². The number of fused-ring (bicyclic) bond motifs is 1. The average Bonchev–Trinajstić information content (AvgIpc) is 3.00. The van der Waals surface area contributed by atoms with Gasteiger partial charge in [-0.2, -0.15) is 0 Å². The lowest BCUT2D eigenvalue weighted by atomic mass is 10.0. The second-order valence-electron chi connectivity index (χ2n) is 7.80. The molecule has 3 rings (SSSR count). The smallest absolute Gasteiger partial charge is 0.143 e. The molecule has 1 N–H and O–H groups in total. The quantitative estimate of drug-likeness (QED) is 0.513. The third kappa shape index (κ3) is 4.74. The standard InChI is InChI=1S/C25H26FNO3/c1-16(2)27-23-7-5-4-6-22(23)25(18-8-10-19(26)11-9-18)24(27)13-12-20(29)15-21(30)14-17(3)28/h4-13,16,20,29H,14-15H2,1-3H3/b13-12+/t20-/m1/s1. The number of benzene rings is 2. The number of hydrogen-bond donors (Lipinski definition) is 1. The van der Waals surface area contributed by atoms with Gasteiger partial charge in [-0.05, 0) is 50.6 Å². The van der Waals surface area contributed by atoms with E-state index in [0.717, 1.165) is 27.7 Å². The number of carbonyl (C=O) groups is 2. The van der Waals surface area contributed by atoms with E-state index in [-0.39, 0.29) is 36.3 Å². The molecule has 0 fully saturated rings. The number of halogens is 1. The predicted octanol–water partition coefficient (Wildman–Crippen LogP) is 5.34. The molecule has 0 aliphatic rings. The highest BCUT2D eigenvalue weighted by Crippen LogP contribution is 2.37. The Morgan fingerprint density at radius 1 is 1.10 bits per heavy atom. The Hall–Kier alpha value is -3.05. The molecule has 0 amide bonds. The number of Topliss-reactive ketones (excluding diaryl/α,β-unsaturated/α-hetero) is 2. The summed E-state index contributed by atoms with van der Waals surface area (Å²) in [6.07, 6.45) is 2.13. The highest BCUT2D eigenvalue weighted by atomic mass is 19.1. The summed E-state index contributed by atoms with van der Waals surface area (Å²) in [5, 5.41) is 11.3. The fourth-order valence-corrected chi connectivity index (χ4v) is 3.78. The van der Waals surface area contributed by atoms with Gasteiger partial charge in [0.05, 0.1) is 12.5 Å². The maximum atomic E-state index is 13.5. The van der Waals surface area contributed by atoms with Crippen molar-refractivity contribution in [1.29, 1.82) is 0 Å². The van der Waals surface area contributed by atoms with E-state index in [1.807, 2.05) is 30.3 Å². The lowest BCUT2D eigenvalue weighted by Crippen LogP contribution is -2.13. The molecule has 5 heteroatoms. The minimum atomic E-state index is -0.989. The summed E-state index contributed by atoms with van der Waals surface area (Å²) in [6, 6.07) is 14.5. The van der Waals surface area contributed by atoms with Crippen molar-refractivity contribution >= 4 is 28.5 Å². The highest BCUT2D eigenvalue weighted by molar-refractivity contribution is 6.01. The summed E-state index contributed by atoms with van der Waals surface area (Å²) in [5.74, 6) is -0.805. The Bertz CT molecular complexity index is 1090. The van der Waals surface area contributed by atoms with Crippen LogP contribution in [-0.4, -0.2) is 27.3 Å². The zero-order valence-electron chi connectivity index (χ0n) is 17.4. The van der Waals surface area contributed by atoms with Crippen molar-refractivity contribution in [1.82, 2.24) is 4.57 Å². The monoisotopic (exact) mass is 407 g/mol. The molecule has 0 aliphatic heterocycles. The summed E-state index contributed by atoms with van der Waals surface area (Å²) in [7, 11) is 0. The number of hydrogen-bond acceptors (Lipinski definition) is 3. The fourth-order valence-electron chi connectivity index (χ4n) is 3.78. The number of rotatable bonds is 8. The van der Waals surface area contributed by atoms with E-state index in [0.29, 0.717) is 0 Å². The van der Waals surface area contributed by atoms with Crippen LogP contribution < -0.4 is 0 Å². The molecule has 0 radical (unpaired) electrons. The van der Waals surface area contributed by atoms with Crippen molar-refractivity contribution < 1.29 is 19.1 Å². The topological polar surface area (TPSA) is 59.3 Å². The summed E-state index contributed by atoms with van der Waals surface area (Å²) < 4.78 is 15.7. The Morgan fingerprint density at radius 3 is 2.40 bits per heavy atom. The number of para-hydroxylation sites is 1. The molecule has 1 atom stereocenters. The van der Waals surface area contributed by atoms with Crippen LogP contribution in [0.2, 0.25) is 0 Å². The highest BCUT2D eigenvalue weighted by Gasteiger charge is 2.19. The van der Waals surface area contributed by atoms with Crippen molar-refractivity contribution in [2.45, 2.75) is 45.8 Å². The van der Waals surface area contributed by atoms with Gasteiger partial charge < -0.3 is 9.67 Å². The normalized spacial score (nSPS) is 12.7.